The fourth-order valence-electron chi connectivity index (χ4n) is 3.77. The highest BCUT2D eigenvalue weighted by atomic mass is 35.5. The van der Waals surface area contributed by atoms with Crippen LogP contribution < -0.4 is 10.1 Å². The van der Waals surface area contributed by atoms with Crippen molar-refractivity contribution in [2.45, 2.75) is 40.5 Å². The van der Waals surface area contributed by atoms with Crippen LogP contribution in [0.3, 0.4) is 0 Å². The SMILES string of the molecule is COc1ccc2nc3cc(Cl)ccc3c(NCCN(CCC(C)C)CCC(C)C)c2c1. The van der Waals surface area contributed by atoms with Crippen LogP contribution in [0, 0.1) is 11.8 Å². The zero-order chi connectivity index (χ0) is 22.4. The first-order valence-corrected chi connectivity index (χ1v) is 11.8. The molecule has 0 saturated carbocycles. The Bertz CT molecular complexity index is 991. The number of aromatic nitrogens is 1. The molecule has 3 rings (SSSR count). The lowest BCUT2D eigenvalue weighted by molar-refractivity contribution is 0.252. The van der Waals surface area contributed by atoms with E-state index in [1.54, 1.807) is 7.11 Å². The van der Waals surface area contributed by atoms with E-state index in [-0.39, 0.29) is 0 Å². The van der Waals surface area contributed by atoms with Gasteiger partial charge in [0, 0.05) is 28.9 Å². The number of rotatable bonds is 11. The van der Waals surface area contributed by atoms with Crippen molar-refractivity contribution in [3.8, 4) is 5.75 Å². The minimum absolute atomic E-state index is 0.701. The number of hydrogen-bond donors (Lipinski definition) is 1. The predicted octanol–water partition coefficient (Wildman–Crippen LogP) is 6.86. The monoisotopic (exact) mass is 441 g/mol. The molecule has 1 N–H and O–H groups in total. The Hall–Kier alpha value is -2.04. The number of benzene rings is 2. The fourth-order valence-corrected chi connectivity index (χ4v) is 3.94. The van der Waals surface area contributed by atoms with Crippen molar-refractivity contribution in [1.82, 2.24) is 9.88 Å². The van der Waals surface area contributed by atoms with Gasteiger partial charge >= 0.3 is 0 Å². The van der Waals surface area contributed by atoms with E-state index in [2.05, 4.69) is 50.0 Å². The van der Waals surface area contributed by atoms with Gasteiger partial charge in [0.05, 0.1) is 23.8 Å². The van der Waals surface area contributed by atoms with Crippen molar-refractivity contribution in [2.24, 2.45) is 11.8 Å². The molecule has 1 heterocycles. The Labute approximate surface area is 191 Å². The third-order valence-corrected chi connectivity index (χ3v) is 5.95. The van der Waals surface area contributed by atoms with E-state index in [1.807, 2.05) is 24.3 Å². The topological polar surface area (TPSA) is 37.4 Å². The summed E-state index contributed by atoms with van der Waals surface area (Å²) in [7, 11) is 1.70. The van der Waals surface area contributed by atoms with Gasteiger partial charge in [0.2, 0.25) is 0 Å². The maximum absolute atomic E-state index is 6.25. The Morgan fingerprint density at radius 3 is 2.26 bits per heavy atom. The van der Waals surface area contributed by atoms with Crippen molar-refractivity contribution in [3.05, 3.63) is 41.4 Å². The van der Waals surface area contributed by atoms with Crippen LogP contribution >= 0.6 is 11.6 Å². The zero-order valence-corrected chi connectivity index (χ0v) is 20.3. The van der Waals surface area contributed by atoms with Crippen molar-refractivity contribution in [3.63, 3.8) is 0 Å². The lowest BCUT2D eigenvalue weighted by Gasteiger charge is -2.25. The third-order valence-electron chi connectivity index (χ3n) is 5.72. The van der Waals surface area contributed by atoms with Gasteiger partial charge in [0.1, 0.15) is 5.75 Å². The summed E-state index contributed by atoms with van der Waals surface area (Å²) in [6.07, 6.45) is 2.46. The summed E-state index contributed by atoms with van der Waals surface area (Å²) in [6.45, 7) is 13.4. The van der Waals surface area contributed by atoms with Crippen LogP contribution in [-0.4, -0.2) is 43.2 Å². The minimum Gasteiger partial charge on any atom is -0.497 e. The summed E-state index contributed by atoms with van der Waals surface area (Å²) in [5.74, 6) is 2.28. The molecule has 0 aliphatic carbocycles. The quantitative estimate of drug-likeness (QED) is 0.330. The first-order chi connectivity index (χ1) is 14.9. The van der Waals surface area contributed by atoms with Gasteiger partial charge in [-0.25, -0.2) is 4.98 Å². The van der Waals surface area contributed by atoms with Crippen LogP contribution in [-0.2, 0) is 0 Å². The molecular formula is C26H36ClN3O. The summed E-state index contributed by atoms with van der Waals surface area (Å²) in [4.78, 5) is 7.42. The van der Waals surface area contributed by atoms with Crippen molar-refractivity contribution in [2.75, 3.05) is 38.6 Å². The van der Waals surface area contributed by atoms with Gasteiger partial charge in [-0.05, 0) is 74.2 Å². The maximum atomic E-state index is 6.25. The lowest BCUT2D eigenvalue weighted by Crippen LogP contribution is -2.32. The molecule has 0 aliphatic rings. The number of anilines is 1. The summed E-state index contributed by atoms with van der Waals surface area (Å²) >= 11 is 6.25. The molecule has 0 aliphatic heterocycles. The standard InChI is InChI=1S/C26H36ClN3O/c1-18(2)10-13-30(14-11-19(3)4)15-12-28-26-22-8-6-20(27)16-25(22)29-24-9-7-21(31-5)17-23(24)26/h6-9,16-19H,10-15H2,1-5H3,(H,28,29). The summed E-state index contributed by atoms with van der Waals surface area (Å²) in [5.41, 5.74) is 2.95. The summed E-state index contributed by atoms with van der Waals surface area (Å²) in [5, 5.41) is 6.59. The molecule has 0 saturated heterocycles. The Morgan fingerprint density at radius 2 is 1.61 bits per heavy atom. The molecule has 1 aromatic heterocycles. The van der Waals surface area contributed by atoms with Crippen LogP contribution in [0.4, 0.5) is 5.69 Å². The molecule has 5 heteroatoms. The molecule has 31 heavy (non-hydrogen) atoms. The number of ether oxygens (including phenoxy) is 1. The van der Waals surface area contributed by atoms with Gasteiger partial charge in [-0.2, -0.15) is 0 Å². The van der Waals surface area contributed by atoms with Gasteiger partial charge in [-0.3, -0.25) is 0 Å². The molecule has 0 unspecified atom stereocenters. The number of nitrogens with zero attached hydrogens (tertiary/aromatic N) is 2. The normalized spacial score (nSPS) is 11.9. The van der Waals surface area contributed by atoms with Crippen LogP contribution in [0.1, 0.15) is 40.5 Å². The van der Waals surface area contributed by atoms with Crippen LogP contribution in [0.25, 0.3) is 21.8 Å². The number of nitrogens with one attached hydrogen (secondary N) is 1. The minimum atomic E-state index is 0.701. The third kappa shape index (κ3) is 6.47. The Balaban J connectivity index is 1.85. The second-order valence-corrected chi connectivity index (χ2v) is 9.60. The van der Waals surface area contributed by atoms with Crippen LogP contribution in [0.2, 0.25) is 5.02 Å². The molecule has 4 nitrogen and oxygen atoms in total. The second kappa shape index (κ2) is 11.0. The highest BCUT2D eigenvalue weighted by molar-refractivity contribution is 6.31. The van der Waals surface area contributed by atoms with E-state index in [0.717, 1.165) is 71.3 Å². The summed E-state index contributed by atoms with van der Waals surface area (Å²) in [6, 6.07) is 11.9. The molecule has 2 aromatic carbocycles. The zero-order valence-electron chi connectivity index (χ0n) is 19.5. The number of methoxy groups -OCH3 is 1. The average Bonchev–Trinajstić information content (AvgIpc) is 2.73. The second-order valence-electron chi connectivity index (χ2n) is 9.16. The average molecular weight is 442 g/mol. The van der Waals surface area contributed by atoms with E-state index in [1.165, 1.54) is 12.8 Å². The Morgan fingerprint density at radius 1 is 0.903 bits per heavy atom. The number of halogens is 1. The van der Waals surface area contributed by atoms with E-state index in [9.17, 15) is 0 Å². The first kappa shape index (κ1) is 23.6. The highest BCUT2D eigenvalue weighted by Gasteiger charge is 2.12. The molecular weight excluding hydrogens is 406 g/mol. The van der Waals surface area contributed by atoms with Crippen molar-refractivity contribution >= 4 is 39.1 Å². The Kier molecular flexibility index (Phi) is 8.39. The molecule has 0 bridgehead atoms. The smallest absolute Gasteiger partial charge is 0.119 e. The van der Waals surface area contributed by atoms with Crippen LogP contribution in [0.5, 0.6) is 5.75 Å². The first-order valence-electron chi connectivity index (χ1n) is 11.4. The number of pyridine rings is 1. The van der Waals surface area contributed by atoms with Gasteiger partial charge < -0.3 is 15.0 Å². The van der Waals surface area contributed by atoms with E-state index in [0.29, 0.717) is 5.02 Å². The van der Waals surface area contributed by atoms with Gasteiger partial charge in [0.15, 0.2) is 0 Å². The molecule has 0 amide bonds. The maximum Gasteiger partial charge on any atom is 0.119 e. The van der Waals surface area contributed by atoms with Gasteiger partial charge in [0.25, 0.3) is 0 Å². The van der Waals surface area contributed by atoms with Gasteiger partial charge in [-0.15, -0.1) is 0 Å². The van der Waals surface area contributed by atoms with Crippen molar-refractivity contribution in [1.29, 1.82) is 0 Å². The van der Waals surface area contributed by atoms with Crippen molar-refractivity contribution < 1.29 is 4.74 Å². The van der Waals surface area contributed by atoms with Crippen LogP contribution in [0.15, 0.2) is 36.4 Å². The lowest BCUT2D eigenvalue weighted by atomic mass is 10.1. The summed E-state index contributed by atoms with van der Waals surface area (Å²) < 4.78 is 5.47. The molecule has 0 radical (unpaired) electrons. The molecule has 0 fully saturated rings. The largest absolute Gasteiger partial charge is 0.497 e. The molecule has 3 aromatic rings. The molecule has 168 valence electrons. The van der Waals surface area contributed by atoms with E-state index < -0.39 is 0 Å². The number of fused-ring (bicyclic) bond motifs is 2. The highest BCUT2D eigenvalue weighted by Crippen LogP contribution is 2.34. The number of hydrogen-bond acceptors (Lipinski definition) is 4. The molecule has 0 spiro atoms. The molecule has 0 atom stereocenters. The fraction of sp³-hybridized carbons (Fsp3) is 0.500. The van der Waals surface area contributed by atoms with E-state index in [4.69, 9.17) is 21.3 Å². The predicted molar refractivity (Wildman–Crippen MR) is 135 cm³/mol. The van der Waals surface area contributed by atoms with Gasteiger partial charge in [-0.1, -0.05) is 39.3 Å². The van der Waals surface area contributed by atoms with E-state index >= 15 is 0 Å².